The smallest absolute Gasteiger partial charge is 0.255 e. The fourth-order valence-corrected chi connectivity index (χ4v) is 4.75. The van der Waals surface area contributed by atoms with Gasteiger partial charge in [-0.3, -0.25) is 14.4 Å². The zero-order valence-electron chi connectivity index (χ0n) is 17.6. The normalized spacial score (nSPS) is 26.3. The molecule has 8 nitrogen and oxygen atoms in total. The van der Waals surface area contributed by atoms with Crippen LogP contribution < -0.4 is 14.8 Å². The molecule has 2 atom stereocenters. The highest BCUT2D eigenvalue weighted by Gasteiger charge is 2.43. The Balaban J connectivity index is 1.52. The van der Waals surface area contributed by atoms with Crippen LogP contribution in [0.4, 0.5) is 0 Å². The molecular formula is C22H29N3O5. The number of carbonyl (C=O) groups is 3. The summed E-state index contributed by atoms with van der Waals surface area (Å²) < 4.78 is 11.6. The fraction of sp³-hybridized carbons (Fsp3) is 0.591. The molecule has 3 aliphatic heterocycles. The van der Waals surface area contributed by atoms with Gasteiger partial charge in [-0.1, -0.05) is 0 Å². The molecule has 0 radical (unpaired) electrons. The quantitative estimate of drug-likeness (QED) is 0.790. The van der Waals surface area contributed by atoms with E-state index in [1.165, 1.54) is 0 Å². The van der Waals surface area contributed by atoms with Crippen molar-refractivity contribution < 1.29 is 23.9 Å². The van der Waals surface area contributed by atoms with Crippen molar-refractivity contribution in [2.75, 3.05) is 39.8 Å². The molecule has 2 fully saturated rings. The highest BCUT2D eigenvalue weighted by Crippen LogP contribution is 2.34. The van der Waals surface area contributed by atoms with Crippen molar-refractivity contribution in [1.82, 2.24) is 15.1 Å². The standard InChI is InChI=1S/C22H29N3O5/c1-15(26)24-9-3-5-16(12-24)21(28)25-10-4-8-22(14-25)13-23-20(27)18-11-17(29-2)6-7-19(18)30-22/h6-7,11,16H,3-5,8-10,12-14H2,1-2H3,(H,23,27). The van der Waals surface area contributed by atoms with Crippen molar-refractivity contribution in [3.05, 3.63) is 23.8 Å². The van der Waals surface area contributed by atoms with Crippen LogP contribution in [0.25, 0.3) is 0 Å². The zero-order chi connectivity index (χ0) is 21.3. The van der Waals surface area contributed by atoms with Gasteiger partial charge in [0.15, 0.2) is 0 Å². The SMILES string of the molecule is COc1ccc2c(c1)C(=O)NCC1(CCCN(C(=O)C3CCCN(C(C)=O)C3)C1)O2. The summed E-state index contributed by atoms with van der Waals surface area (Å²) in [4.78, 5) is 41.2. The van der Waals surface area contributed by atoms with Crippen LogP contribution in [0.15, 0.2) is 18.2 Å². The molecule has 1 N–H and O–H groups in total. The van der Waals surface area contributed by atoms with Crippen molar-refractivity contribution in [3.8, 4) is 11.5 Å². The Morgan fingerprint density at radius 3 is 2.80 bits per heavy atom. The largest absolute Gasteiger partial charge is 0.497 e. The van der Waals surface area contributed by atoms with Crippen LogP contribution >= 0.6 is 0 Å². The minimum Gasteiger partial charge on any atom is -0.497 e. The van der Waals surface area contributed by atoms with Crippen molar-refractivity contribution in [3.63, 3.8) is 0 Å². The van der Waals surface area contributed by atoms with Crippen molar-refractivity contribution in [2.24, 2.45) is 5.92 Å². The predicted molar refractivity (Wildman–Crippen MR) is 109 cm³/mol. The Bertz CT molecular complexity index is 857. The molecule has 0 aromatic heterocycles. The Morgan fingerprint density at radius 2 is 2.03 bits per heavy atom. The van der Waals surface area contributed by atoms with Gasteiger partial charge in [0.05, 0.1) is 31.7 Å². The summed E-state index contributed by atoms with van der Waals surface area (Å²) in [5.41, 5.74) is -0.211. The second-order valence-electron chi connectivity index (χ2n) is 8.50. The lowest BCUT2D eigenvalue weighted by Gasteiger charge is -2.44. The van der Waals surface area contributed by atoms with Crippen molar-refractivity contribution >= 4 is 17.7 Å². The second kappa shape index (κ2) is 8.16. The molecule has 0 bridgehead atoms. The molecule has 3 amide bonds. The fourth-order valence-electron chi connectivity index (χ4n) is 4.75. The molecule has 3 heterocycles. The molecule has 30 heavy (non-hydrogen) atoms. The monoisotopic (exact) mass is 415 g/mol. The molecule has 1 spiro atoms. The molecule has 0 aliphatic carbocycles. The van der Waals surface area contributed by atoms with E-state index in [0.717, 1.165) is 32.2 Å². The number of nitrogens with one attached hydrogen (secondary N) is 1. The summed E-state index contributed by atoms with van der Waals surface area (Å²) >= 11 is 0. The van der Waals surface area contributed by atoms with Gasteiger partial charge >= 0.3 is 0 Å². The number of benzene rings is 1. The third-order valence-corrected chi connectivity index (χ3v) is 6.40. The first-order chi connectivity index (χ1) is 14.4. The number of piperidine rings is 2. The number of fused-ring (bicyclic) bond motifs is 1. The summed E-state index contributed by atoms with van der Waals surface area (Å²) in [7, 11) is 1.56. The van der Waals surface area contributed by atoms with Crippen molar-refractivity contribution in [1.29, 1.82) is 0 Å². The number of nitrogens with zero attached hydrogens (tertiary/aromatic N) is 2. The zero-order valence-corrected chi connectivity index (χ0v) is 17.6. The molecule has 1 aromatic carbocycles. The van der Waals surface area contributed by atoms with Crippen LogP contribution in [0.3, 0.4) is 0 Å². The van der Waals surface area contributed by atoms with E-state index in [-0.39, 0.29) is 23.6 Å². The number of likely N-dealkylation sites (tertiary alicyclic amines) is 2. The highest BCUT2D eigenvalue weighted by molar-refractivity contribution is 5.97. The first-order valence-corrected chi connectivity index (χ1v) is 10.6. The first kappa shape index (κ1) is 20.5. The summed E-state index contributed by atoms with van der Waals surface area (Å²) in [6, 6.07) is 5.20. The van der Waals surface area contributed by atoms with Gasteiger partial charge in [-0.15, -0.1) is 0 Å². The molecule has 2 saturated heterocycles. The van der Waals surface area contributed by atoms with Gasteiger partial charge < -0.3 is 24.6 Å². The molecule has 4 rings (SSSR count). The second-order valence-corrected chi connectivity index (χ2v) is 8.50. The maximum Gasteiger partial charge on any atom is 0.255 e. The minimum atomic E-state index is -0.654. The van der Waals surface area contributed by atoms with E-state index >= 15 is 0 Å². The molecule has 8 heteroatoms. The third-order valence-electron chi connectivity index (χ3n) is 6.40. The van der Waals surface area contributed by atoms with Gasteiger partial charge in [0, 0.05) is 26.6 Å². The third kappa shape index (κ3) is 3.95. The van der Waals surface area contributed by atoms with Crippen LogP contribution in [0.5, 0.6) is 11.5 Å². The first-order valence-electron chi connectivity index (χ1n) is 10.6. The molecule has 3 aliphatic rings. The molecule has 0 saturated carbocycles. The lowest BCUT2D eigenvalue weighted by molar-refractivity contribution is -0.144. The van der Waals surface area contributed by atoms with Gasteiger partial charge in [-0.05, 0) is 43.9 Å². The summed E-state index contributed by atoms with van der Waals surface area (Å²) in [6.07, 6.45) is 3.20. The summed E-state index contributed by atoms with van der Waals surface area (Å²) in [6.45, 7) is 4.20. The van der Waals surface area contributed by atoms with Gasteiger partial charge in [0.25, 0.3) is 5.91 Å². The van der Waals surface area contributed by atoms with Gasteiger partial charge in [-0.25, -0.2) is 0 Å². The van der Waals surface area contributed by atoms with Crippen LogP contribution in [-0.2, 0) is 9.59 Å². The number of hydrogen-bond acceptors (Lipinski definition) is 5. The number of carbonyl (C=O) groups excluding carboxylic acids is 3. The number of hydrogen-bond donors (Lipinski definition) is 1. The number of methoxy groups -OCH3 is 1. The van der Waals surface area contributed by atoms with E-state index in [2.05, 4.69) is 5.32 Å². The Labute approximate surface area is 176 Å². The van der Waals surface area contributed by atoms with Crippen LogP contribution in [0.2, 0.25) is 0 Å². The average Bonchev–Trinajstić information content (AvgIpc) is 2.89. The van der Waals surface area contributed by atoms with Crippen LogP contribution in [-0.4, -0.2) is 73.0 Å². The van der Waals surface area contributed by atoms with E-state index in [0.29, 0.717) is 43.2 Å². The van der Waals surface area contributed by atoms with E-state index in [4.69, 9.17) is 9.47 Å². The number of amides is 3. The van der Waals surface area contributed by atoms with Crippen LogP contribution in [0, 0.1) is 5.92 Å². The Kier molecular flexibility index (Phi) is 5.58. The highest BCUT2D eigenvalue weighted by atomic mass is 16.5. The van der Waals surface area contributed by atoms with E-state index in [1.807, 2.05) is 4.90 Å². The lowest BCUT2D eigenvalue weighted by Crippen LogP contribution is -2.59. The van der Waals surface area contributed by atoms with Crippen molar-refractivity contribution in [2.45, 2.75) is 38.2 Å². The molecule has 162 valence electrons. The maximum absolute atomic E-state index is 13.3. The van der Waals surface area contributed by atoms with Gasteiger partial charge in [0.2, 0.25) is 11.8 Å². The Hall–Kier alpha value is -2.77. The van der Waals surface area contributed by atoms with Gasteiger partial charge in [0.1, 0.15) is 17.1 Å². The topological polar surface area (TPSA) is 88.2 Å². The molecule has 1 aromatic rings. The number of rotatable bonds is 2. The molecule has 2 unspecified atom stereocenters. The minimum absolute atomic E-state index is 0.0180. The average molecular weight is 415 g/mol. The number of ether oxygens (including phenoxy) is 2. The van der Waals surface area contributed by atoms with E-state index < -0.39 is 5.60 Å². The van der Waals surface area contributed by atoms with Gasteiger partial charge in [-0.2, -0.15) is 0 Å². The predicted octanol–water partition coefficient (Wildman–Crippen LogP) is 1.44. The van der Waals surface area contributed by atoms with E-state index in [9.17, 15) is 14.4 Å². The Morgan fingerprint density at radius 1 is 1.23 bits per heavy atom. The van der Waals surface area contributed by atoms with E-state index in [1.54, 1.807) is 37.1 Å². The summed E-state index contributed by atoms with van der Waals surface area (Å²) in [5.74, 6) is 0.832. The van der Waals surface area contributed by atoms with Crippen LogP contribution in [0.1, 0.15) is 43.0 Å². The molecular weight excluding hydrogens is 386 g/mol. The summed E-state index contributed by atoms with van der Waals surface area (Å²) in [5, 5.41) is 2.96. The maximum atomic E-state index is 13.3. The lowest BCUT2D eigenvalue weighted by atomic mass is 9.89.